The molecule has 22 heavy (non-hydrogen) atoms. The summed E-state index contributed by atoms with van der Waals surface area (Å²) in [6.45, 7) is 4.79. The predicted molar refractivity (Wildman–Crippen MR) is 80.2 cm³/mol. The van der Waals surface area contributed by atoms with E-state index in [2.05, 4.69) is 16.0 Å². The third kappa shape index (κ3) is 7.16. The number of aliphatic carboxylic acids is 1. The summed E-state index contributed by atoms with van der Waals surface area (Å²) in [5.41, 5.74) is 0. The molecule has 0 aromatic rings. The van der Waals surface area contributed by atoms with Crippen molar-refractivity contribution >= 4 is 23.6 Å². The van der Waals surface area contributed by atoms with Gasteiger partial charge >= 0.3 is 5.97 Å². The molecule has 0 saturated heterocycles. The van der Waals surface area contributed by atoms with Crippen molar-refractivity contribution in [2.45, 2.75) is 58.2 Å². The van der Waals surface area contributed by atoms with Gasteiger partial charge in [0.2, 0.25) is 11.8 Å². The SMILES string of the molecule is CCC(=O)[C@H](C)NC(=O)[C@H](C)NC(=O)[C@H](CCC(=O)O)NC. The molecule has 0 bridgehead atoms. The first-order chi connectivity index (χ1) is 10.2. The van der Waals surface area contributed by atoms with Gasteiger partial charge in [0.1, 0.15) is 6.04 Å². The van der Waals surface area contributed by atoms with E-state index < -0.39 is 35.9 Å². The first-order valence-corrected chi connectivity index (χ1v) is 7.25. The van der Waals surface area contributed by atoms with Crippen LogP contribution in [0.2, 0.25) is 0 Å². The highest BCUT2D eigenvalue weighted by Gasteiger charge is 2.23. The number of hydrogen-bond acceptors (Lipinski definition) is 5. The highest BCUT2D eigenvalue weighted by molar-refractivity contribution is 5.93. The number of carboxylic acid groups (broad SMARTS) is 1. The number of amides is 2. The van der Waals surface area contributed by atoms with Crippen molar-refractivity contribution in [2.24, 2.45) is 0 Å². The molecule has 0 aromatic carbocycles. The second-order valence-corrected chi connectivity index (χ2v) is 5.05. The molecular formula is C14H25N3O5. The Morgan fingerprint density at radius 2 is 1.55 bits per heavy atom. The molecule has 3 atom stereocenters. The molecule has 0 radical (unpaired) electrons. The zero-order valence-electron chi connectivity index (χ0n) is 13.4. The highest BCUT2D eigenvalue weighted by atomic mass is 16.4. The zero-order chi connectivity index (χ0) is 17.3. The predicted octanol–water partition coefficient (Wildman–Crippen LogP) is -0.572. The van der Waals surface area contributed by atoms with Crippen molar-refractivity contribution < 1.29 is 24.3 Å². The van der Waals surface area contributed by atoms with Gasteiger partial charge in [-0.2, -0.15) is 0 Å². The Morgan fingerprint density at radius 1 is 1.00 bits per heavy atom. The van der Waals surface area contributed by atoms with E-state index in [1.54, 1.807) is 20.9 Å². The number of carboxylic acids is 1. The summed E-state index contributed by atoms with van der Waals surface area (Å²) in [4.78, 5) is 45.8. The fraction of sp³-hybridized carbons (Fsp3) is 0.714. The van der Waals surface area contributed by atoms with Crippen LogP contribution in [0, 0.1) is 0 Å². The fourth-order valence-electron chi connectivity index (χ4n) is 1.78. The van der Waals surface area contributed by atoms with Crippen LogP contribution in [0.25, 0.3) is 0 Å². The van der Waals surface area contributed by atoms with Crippen molar-refractivity contribution in [1.29, 1.82) is 0 Å². The van der Waals surface area contributed by atoms with E-state index in [9.17, 15) is 19.2 Å². The Balaban J connectivity index is 4.45. The Labute approximate surface area is 130 Å². The lowest BCUT2D eigenvalue weighted by molar-refractivity contribution is -0.137. The Bertz CT molecular complexity index is 425. The largest absolute Gasteiger partial charge is 0.481 e. The lowest BCUT2D eigenvalue weighted by Crippen LogP contribution is -2.53. The number of carbonyl (C=O) groups excluding carboxylic acids is 3. The normalized spacial score (nSPS) is 14.5. The van der Waals surface area contributed by atoms with Crippen LogP contribution in [0.3, 0.4) is 0 Å². The summed E-state index contributed by atoms with van der Waals surface area (Å²) >= 11 is 0. The van der Waals surface area contributed by atoms with Crippen molar-refractivity contribution in [3.05, 3.63) is 0 Å². The van der Waals surface area contributed by atoms with E-state index in [0.717, 1.165) is 0 Å². The Morgan fingerprint density at radius 3 is 2.00 bits per heavy atom. The number of rotatable bonds is 10. The van der Waals surface area contributed by atoms with Gasteiger partial charge in [0.05, 0.1) is 12.1 Å². The first kappa shape index (κ1) is 20.0. The maximum atomic E-state index is 12.0. The molecule has 126 valence electrons. The Kier molecular flexibility index (Phi) is 9.00. The van der Waals surface area contributed by atoms with Crippen molar-refractivity contribution in [3.63, 3.8) is 0 Å². The zero-order valence-corrected chi connectivity index (χ0v) is 13.4. The number of ketones is 1. The van der Waals surface area contributed by atoms with E-state index >= 15 is 0 Å². The molecule has 0 aliphatic rings. The minimum atomic E-state index is -0.995. The molecule has 2 amide bonds. The molecule has 0 aromatic heterocycles. The average Bonchev–Trinajstić information content (AvgIpc) is 2.46. The maximum Gasteiger partial charge on any atom is 0.303 e. The topological polar surface area (TPSA) is 125 Å². The van der Waals surface area contributed by atoms with Gasteiger partial charge in [0, 0.05) is 12.8 Å². The first-order valence-electron chi connectivity index (χ1n) is 7.25. The quantitative estimate of drug-likeness (QED) is 0.428. The molecule has 0 unspecified atom stereocenters. The summed E-state index contributed by atoms with van der Waals surface area (Å²) in [5.74, 6) is -2.01. The minimum absolute atomic E-state index is 0.0959. The molecule has 8 heteroatoms. The lowest BCUT2D eigenvalue weighted by Gasteiger charge is -2.20. The van der Waals surface area contributed by atoms with Crippen LogP contribution in [-0.4, -0.2) is 53.8 Å². The molecule has 8 nitrogen and oxygen atoms in total. The maximum absolute atomic E-state index is 12.0. The molecule has 0 saturated carbocycles. The van der Waals surface area contributed by atoms with Gasteiger partial charge in [0.15, 0.2) is 5.78 Å². The van der Waals surface area contributed by atoms with Crippen LogP contribution in [0.5, 0.6) is 0 Å². The summed E-state index contributed by atoms with van der Waals surface area (Å²) < 4.78 is 0. The molecule has 0 aliphatic carbocycles. The summed E-state index contributed by atoms with van der Waals surface area (Å²) in [6, 6.07) is -2.12. The summed E-state index contributed by atoms with van der Waals surface area (Å²) in [6.07, 6.45) is 0.289. The van der Waals surface area contributed by atoms with Gasteiger partial charge in [-0.3, -0.25) is 19.2 Å². The number of Topliss-reactive ketones (excluding diaryl/α,β-unsaturated/α-hetero) is 1. The molecule has 0 fully saturated rings. The molecule has 0 spiro atoms. The van der Waals surface area contributed by atoms with E-state index in [-0.39, 0.29) is 18.6 Å². The van der Waals surface area contributed by atoms with Crippen LogP contribution in [-0.2, 0) is 19.2 Å². The van der Waals surface area contributed by atoms with Gasteiger partial charge in [-0.25, -0.2) is 0 Å². The smallest absolute Gasteiger partial charge is 0.303 e. The second kappa shape index (κ2) is 9.88. The molecular weight excluding hydrogens is 290 g/mol. The van der Waals surface area contributed by atoms with Gasteiger partial charge in [-0.1, -0.05) is 6.92 Å². The molecule has 0 heterocycles. The number of nitrogens with one attached hydrogen (secondary N) is 3. The van der Waals surface area contributed by atoms with Gasteiger partial charge in [-0.15, -0.1) is 0 Å². The van der Waals surface area contributed by atoms with Crippen LogP contribution in [0.1, 0.15) is 40.0 Å². The van der Waals surface area contributed by atoms with E-state index in [0.29, 0.717) is 6.42 Å². The highest BCUT2D eigenvalue weighted by Crippen LogP contribution is 1.99. The van der Waals surface area contributed by atoms with Gasteiger partial charge in [0.25, 0.3) is 0 Å². The second-order valence-electron chi connectivity index (χ2n) is 5.05. The van der Waals surface area contributed by atoms with Crippen LogP contribution in [0.15, 0.2) is 0 Å². The third-order valence-electron chi connectivity index (χ3n) is 3.25. The fourth-order valence-corrected chi connectivity index (χ4v) is 1.78. The summed E-state index contributed by atoms with van der Waals surface area (Å²) in [7, 11) is 1.54. The van der Waals surface area contributed by atoms with E-state index in [4.69, 9.17) is 5.11 Å². The number of likely N-dealkylation sites (N-methyl/N-ethyl adjacent to an activating group) is 1. The average molecular weight is 315 g/mol. The number of hydrogen-bond donors (Lipinski definition) is 4. The van der Waals surface area contributed by atoms with Crippen molar-refractivity contribution in [3.8, 4) is 0 Å². The molecule has 0 aliphatic heterocycles. The van der Waals surface area contributed by atoms with Gasteiger partial charge in [-0.05, 0) is 27.3 Å². The van der Waals surface area contributed by atoms with Crippen molar-refractivity contribution in [2.75, 3.05) is 7.05 Å². The third-order valence-corrected chi connectivity index (χ3v) is 3.25. The lowest BCUT2D eigenvalue weighted by atomic mass is 10.1. The summed E-state index contributed by atoms with van der Waals surface area (Å²) in [5, 5.41) is 16.4. The molecule has 0 rings (SSSR count). The van der Waals surface area contributed by atoms with Crippen LogP contribution >= 0.6 is 0 Å². The number of carbonyl (C=O) groups is 4. The standard InChI is InChI=1S/C14H25N3O5/c1-5-11(18)8(2)16-13(21)9(3)17-14(22)10(15-4)6-7-12(19)20/h8-10,15H,5-7H2,1-4H3,(H,16,21)(H,17,22)(H,19,20)/t8-,9-,10-/m0/s1. The van der Waals surface area contributed by atoms with Crippen molar-refractivity contribution in [1.82, 2.24) is 16.0 Å². The van der Waals surface area contributed by atoms with E-state index in [1.165, 1.54) is 6.92 Å². The van der Waals surface area contributed by atoms with Crippen LogP contribution in [0.4, 0.5) is 0 Å². The minimum Gasteiger partial charge on any atom is -0.481 e. The molecule has 4 N–H and O–H groups in total. The monoisotopic (exact) mass is 315 g/mol. The Hall–Kier alpha value is -1.96. The van der Waals surface area contributed by atoms with E-state index in [1.807, 2.05) is 0 Å². The van der Waals surface area contributed by atoms with Crippen LogP contribution < -0.4 is 16.0 Å². The van der Waals surface area contributed by atoms with Gasteiger partial charge < -0.3 is 21.1 Å².